The average molecular weight is 311 g/mol. The molecule has 0 spiro atoms. The number of aromatic nitrogens is 2. The van der Waals surface area contributed by atoms with Crippen LogP contribution in [0.4, 0.5) is 0 Å². The molecular formula is C13H8Cl2N2OS. The van der Waals surface area contributed by atoms with Crippen molar-refractivity contribution in [1.82, 2.24) is 9.97 Å². The molecule has 0 radical (unpaired) electrons. The SMILES string of the molecule is COc1ccc2c(Cl)nc(-c3sccc3Cl)nc2c1. The van der Waals surface area contributed by atoms with Crippen molar-refractivity contribution < 1.29 is 4.74 Å². The fraction of sp³-hybridized carbons (Fsp3) is 0.0769. The predicted octanol–water partition coefficient (Wildman–Crippen LogP) is 4.67. The Labute approximate surface area is 123 Å². The lowest BCUT2D eigenvalue weighted by Crippen LogP contribution is -1.91. The van der Waals surface area contributed by atoms with Crippen LogP contribution in [0.5, 0.6) is 5.75 Å². The number of nitrogens with zero attached hydrogens (tertiary/aromatic N) is 2. The largest absolute Gasteiger partial charge is 0.497 e. The molecule has 1 aromatic carbocycles. The van der Waals surface area contributed by atoms with Crippen molar-refractivity contribution in [2.75, 3.05) is 7.11 Å². The number of benzene rings is 1. The zero-order chi connectivity index (χ0) is 13.4. The second-order valence-electron chi connectivity index (χ2n) is 3.82. The molecule has 2 heterocycles. The van der Waals surface area contributed by atoms with Gasteiger partial charge in [0.1, 0.15) is 10.9 Å². The highest BCUT2D eigenvalue weighted by Gasteiger charge is 2.12. The van der Waals surface area contributed by atoms with Gasteiger partial charge in [-0.05, 0) is 23.6 Å². The summed E-state index contributed by atoms with van der Waals surface area (Å²) in [5.41, 5.74) is 0.735. The highest BCUT2D eigenvalue weighted by molar-refractivity contribution is 7.14. The smallest absolute Gasteiger partial charge is 0.173 e. The number of ether oxygens (including phenoxy) is 1. The zero-order valence-corrected chi connectivity index (χ0v) is 12.2. The predicted molar refractivity (Wildman–Crippen MR) is 79.4 cm³/mol. The van der Waals surface area contributed by atoms with E-state index in [0.717, 1.165) is 21.5 Å². The van der Waals surface area contributed by atoms with Crippen molar-refractivity contribution >= 4 is 45.4 Å². The second kappa shape index (κ2) is 4.96. The van der Waals surface area contributed by atoms with E-state index < -0.39 is 0 Å². The Morgan fingerprint density at radius 2 is 2.00 bits per heavy atom. The molecule has 3 nitrogen and oxygen atoms in total. The van der Waals surface area contributed by atoms with Crippen molar-refractivity contribution in [3.05, 3.63) is 39.8 Å². The quantitative estimate of drug-likeness (QED) is 0.645. The molecule has 0 saturated heterocycles. The third-order valence-electron chi connectivity index (χ3n) is 2.68. The van der Waals surface area contributed by atoms with E-state index in [1.807, 2.05) is 29.6 Å². The van der Waals surface area contributed by atoms with Gasteiger partial charge in [-0.1, -0.05) is 23.2 Å². The molecule has 3 rings (SSSR count). The van der Waals surface area contributed by atoms with Gasteiger partial charge in [-0.25, -0.2) is 9.97 Å². The third-order valence-corrected chi connectivity index (χ3v) is 4.30. The van der Waals surface area contributed by atoms with Crippen LogP contribution in [-0.2, 0) is 0 Å². The maximum atomic E-state index is 6.20. The van der Waals surface area contributed by atoms with Gasteiger partial charge in [-0.3, -0.25) is 0 Å². The molecule has 0 aliphatic rings. The van der Waals surface area contributed by atoms with Crippen molar-refractivity contribution in [2.45, 2.75) is 0 Å². The standard InChI is InChI=1S/C13H8Cl2N2OS/c1-18-7-2-3-8-10(6-7)16-13(17-12(8)15)11-9(14)4-5-19-11/h2-6H,1H3. The van der Waals surface area contributed by atoms with Gasteiger partial charge in [0.2, 0.25) is 0 Å². The van der Waals surface area contributed by atoms with E-state index in [4.69, 9.17) is 27.9 Å². The molecule has 0 bridgehead atoms. The Bertz CT molecular complexity index is 757. The first-order valence-corrected chi connectivity index (χ1v) is 7.07. The first-order valence-electron chi connectivity index (χ1n) is 5.43. The van der Waals surface area contributed by atoms with Gasteiger partial charge in [-0.15, -0.1) is 11.3 Å². The van der Waals surface area contributed by atoms with Crippen LogP contribution < -0.4 is 4.74 Å². The molecule has 0 N–H and O–H groups in total. The summed E-state index contributed by atoms with van der Waals surface area (Å²) in [6, 6.07) is 7.31. The number of thiophene rings is 1. The molecule has 0 unspecified atom stereocenters. The number of hydrogen-bond donors (Lipinski definition) is 0. The Kier molecular flexibility index (Phi) is 3.31. The van der Waals surface area contributed by atoms with Crippen molar-refractivity contribution in [3.8, 4) is 16.5 Å². The van der Waals surface area contributed by atoms with Gasteiger partial charge < -0.3 is 4.74 Å². The normalized spacial score (nSPS) is 10.9. The molecular weight excluding hydrogens is 303 g/mol. The molecule has 96 valence electrons. The lowest BCUT2D eigenvalue weighted by molar-refractivity contribution is 0.415. The van der Waals surface area contributed by atoms with Gasteiger partial charge in [-0.2, -0.15) is 0 Å². The van der Waals surface area contributed by atoms with E-state index in [9.17, 15) is 0 Å². The van der Waals surface area contributed by atoms with Crippen LogP contribution in [0.1, 0.15) is 0 Å². The summed E-state index contributed by atoms with van der Waals surface area (Å²) in [5.74, 6) is 1.26. The number of methoxy groups -OCH3 is 1. The van der Waals surface area contributed by atoms with E-state index in [2.05, 4.69) is 9.97 Å². The summed E-state index contributed by atoms with van der Waals surface area (Å²) >= 11 is 13.8. The number of rotatable bonds is 2. The summed E-state index contributed by atoms with van der Waals surface area (Å²) < 4.78 is 5.19. The molecule has 0 atom stereocenters. The van der Waals surface area contributed by atoms with Crippen molar-refractivity contribution in [3.63, 3.8) is 0 Å². The zero-order valence-electron chi connectivity index (χ0n) is 9.85. The summed E-state index contributed by atoms with van der Waals surface area (Å²) in [7, 11) is 1.61. The Morgan fingerprint density at radius 3 is 2.68 bits per heavy atom. The molecule has 2 aromatic heterocycles. The topological polar surface area (TPSA) is 35.0 Å². The number of fused-ring (bicyclic) bond motifs is 1. The van der Waals surface area contributed by atoms with Crippen LogP contribution in [0.25, 0.3) is 21.6 Å². The second-order valence-corrected chi connectivity index (χ2v) is 5.50. The monoisotopic (exact) mass is 310 g/mol. The minimum atomic E-state index is 0.409. The van der Waals surface area contributed by atoms with Gasteiger partial charge in [0.25, 0.3) is 0 Å². The van der Waals surface area contributed by atoms with Crippen molar-refractivity contribution in [2.24, 2.45) is 0 Å². The van der Waals surface area contributed by atoms with Gasteiger partial charge in [0, 0.05) is 11.5 Å². The molecule has 0 aliphatic carbocycles. The lowest BCUT2D eigenvalue weighted by atomic mass is 10.2. The van der Waals surface area contributed by atoms with Crippen LogP contribution in [0.3, 0.4) is 0 Å². The molecule has 0 aliphatic heterocycles. The van der Waals surface area contributed by atoms with E-state index in [0.29, 0.717) is 16.0 Å². The van der Waals surface area contributed by atoms with Crippen LogP contribution in [-0.4, -0.2) is 17.1 Å². The van der Waals surface area contributed by atoms with Crippen LogP contribution in [0.15, 0.2) is 29.6 Å². The summed E-state index contributed by atoms with van der Waals surface area (Å²) in [6.45, 7) is 0. The molecule has 0 saturated carbocycles. The number of halogens is 2. The first-order chi connectivity index (χ1) is 9.19. The Morgan fingerprint density at radius 1 is 1.16 bits per heavy atom. The van der Waals surface area contributed by atoms with Crippen LogP contribution >= 0.6 is 34.5 Å². The third kappa shape index (κ3) is 2.27. The van der Waals surface area contributed by atoms with E-state index in [1.54, 1.807) is 7.11 Å². The summed E-state index contributed by atoms with van der Waals surface area (Å²) in [5, 5.41) is 3.72. The fourth-order valence-corrected chi connectivity index (χ4v) is 3.07. The molecule has 6 heteroatoms. The summed E-state index contributed by atoms with van der Waals surface area (Å²) in [6.07, 6.45) is 0. The minimum Gasteiger partial charge on any atom is -0.497 e. The van der Waals surface area contributed by atoms with E-state index in [1.165, 1.54) is 11.3 Å². The Balaban J connectivity index is 2.25. The fourth-order valence-electron chi connectivity index (χ4n) is 1.75. The first kappa shape index (κ1) is 12.7. The van der Waals surface area contributed by atoms with E-state index >= 15 is 0 Å². The minimum absolute atomic E-state index is 0.409. The maximum absolute atomic E-state index is 6.20. The summed E-state index contributed by atoms with van der Waals surface area (Å²) in [4.78, 5) is 9.61. The lowest BCUT2D eigenvalue weighted by Gasteiger charge is -2.05. The van der Waals surface area contributed by atoms with E-state index in [-0.39, 0.29) is 0 Å². The highest BCUT2D eigenvalue weighted by atomic mass is 35.5. The van der Waals surface area contributed by atoms with Crippen LogP contribution in [0, 0.1) is 0 Å². The van der Waals surface area contributed by atoms with Gasteiger partial charge >= 0.3 is 0 Å². The Hall–Kier alpha value is -1.36. The maximum Gasteiger partial charge on any atom is 0.173 e. The van der Waals surface area contributed by atoms with Crippen LogP contribution in [0.2, 0.25) is 10.2 Å². The molecule has 0 fully saturated rings. The number of hydrogen-bond acceptors (Lipinski definition) is 4. The highest BCUT2D eigenvalue weighted by Crippen LogP contribution is 2.33. The molecule has 0 amide bonds. The van der Waals surface area contributed by atoms with Gasteiger partial charge in [0.15, 0.2) is 5.82 Å². The average Bonchev–Trinajstić information content (AvgIpc) is 2.84. The molecule has 3 aromatic rings. The van der Waals surface area contributed by atoms with Crippen molar-refractivity contribution in [1.29, 1.82) is 0 Å². The molecule has 19 heavy (non-hydrogen) atoms. The van der Waals surface area contributed by atoms with Gasteiger partial charge in [0.05, 0.1) is 22.5 Å².